The van der Waals surface area contributed by atoms with Crippen molar-refractivity contribution in [2.75, 3.05) is 24.6 Å². The lowest BCUT2D eigenvalue weighted by Gasteiger charge is -2.36. The van der Waals surface area contributed by atoms with Crippen molar-refractivity contribution in [2.24, 2.45) is 11.8 Å². The van der Waals surface area contributed by atoms with Gasteiger partial charge in [0, 0.05) is 36.7 Å². The van der Waals surface area contributed by atoms with E-state index in [1.165, 1.54) is 17.7 Å². The molecule has 3 nitrogen and oxygen atoms in total. The number of halogens is 1. The molecule has 4 atom stereocenters. The van der Waals surface area contributed by atoms with Crippen LogP contribution in [0.1, 0.15) is 36.9 Å². The van der Waals surface area contributed by atoms with Crippen molar-refractivity contribution in [1.29, 1.82) is 0 Å². The van der Waals surface area contributed by atoms with Gasteiger partial charge in [0.2, 0.25) is 5.91 Å². The topological polar surface area (TPSA) is 32.3 Å². The lowest BCUT2D eigenvalue weighted by Crippen LogP contribution is -2.49. The van der Waals surface area contributed by atoms with Crippen LogP contribution in [-0.2, 0) is 11.2 Å². The number of piperidine rings is 1. The Morgan fingerprint density at radius 1 is 1.17 bits per heavy atom. The Labute approximate surface area is 183 Å². The maximum absolute atomic E-state index is 13.4. The molecule has 0 aromatic heterocycles. The van der Waals surface area contributed by atoms with E-state index in [2.05, 4.69) is 41.4 Å². The molecular weight excluding hydrogens is 395 g/mol. The summed E-state index contributed by atoms with van der Waals surface area (Å²) < 4.78 is 13.2. The van der Waals surface area contributed by atoms with Crippen LogP contribution in [0.2, 0.25) is 0 Å². The number of nitrogens with zero attached hydrogens (tertiary/aromatic N) is 1. The highest BCUT2D eigenvalue weighted by atomic mass is 32.2. The van der Waals surface area contributed by atoms with Crippen LogP contribution < -0.4 is 5.32 Å². The summed E-state index contributed by atoms with van der Waals surface area (Å²) in [4.78, 5) is 15.5. The molecule has 5 heteroatoms. The zero-order valence-corrected chi connectivity index (χ0v) is 18.4. The summed E-state index contributed by atoms with van der Waals surface area (Å²) in [6.45, 7) is 3.86. The van der Waals surface area contributed by atoms with Crippen LogP contribution >= 0.6 is 11.8 Å². The minimum absolute atomic E-state index is 0.0470. The fourth-order valence-corrected chi connectivity index (χ4v) is 6.09. The Hall–Kier alpha value is -1.85. The number of hydrogen-bond acceptors (Lipinski definition) is 3. The zero-order chi connectivity index (χ0) is 20.9. The lowest BCUT2D eigenvalue weighted by molar-refractivity contribution is -0.137. The van der Waals surface area contributed by atoms with Gasteiger partial charge in [-0.3, -0.25) is 4.79 Å². The molecule has 2 aliphatic rings. The zero-order valence-electron chi connectivity index (χ0n) is 17.6. The van der Waals surface area contributed by atoms with E-state index in [1.54, 1.807) is 0 Å². The van der Waals surface area contributed by atoms with E-state index in [-0.39, 0.29) is 23.8 Å². The molecule has 2 fully saturated rings. The smallest absolute Gasteiger partial charge is 0.228 e. The molecule has 2 aromatic rings. The van der Waals surface area contributed by atoms with E-state index in [0.717, 1.165) is 49.4 Å². The quantitative estimate of drug-likeness (QED) is 0.727. The first-order valence-corrected chi connectivity index (χ1v) is 12.2. The molecule has 2 saturated heterocycles. The van der Waals surface area contributed by atoms with Gasteiger partial charge in [-0.05, 0) is 55.4 Å². The number of hydrogen-bond donors (Lipinski definition) is 1. The van der Waals surface area contributed by atoms with Gasteiger partial charge in [-0.1, -0.05) is 42.5 Å². The van der Waals surface area contributed by atoms with Crippen LogP contribution in [0, 0.1) is 17.7 Å². The van der Waals surface area contributed by atoms with Crippen molar-refractivity contribution in [2.45, 2.75) is 38.3 Å². The lowest BCUT2D eigenvalue weighted by atomic mass is 9.90. The molecule has 2 aliphatic heterocycles. The van der Waals surface area contributed by atoms with Crippen molar-refractivity contribution in [3.05, 3.63) is 71.5 Å². The normalized spacial score (nSPS) is 25.3. The number of rotatable bonds is 6. The van der Waals surface area contributed by atoms with Gasteiger partial charge in [-0.2, -0.15) is 11.8 Å². The average molecular weight is 427 g/mol. The van der Waals surface area contributed by atoms with E-state index in [1.807, 2.05) is 30.0 Å². The standard InChI is InChI=1S/C25H31FN2OS/c1-18(21-7-3-2-4-8-21)27-24-17-30-16-23(24)25(29)28-13-5-6-20(15-28)14-19-9-11-22(26)12-10-19/h2-4,7-12,18,20,23-24,27H,5-6,13-17H2,1H3/t18-,20?,23-,24-/m1/s1. The Morgan fingerprint density at radius 3 is 2.70 bits per heavy atom. The number of carbonyl (C=O) groups excluding carboxylic acids is 1. The third-order valence-corrected chi connectivity index (χ3v) is 7.62. The molecule has 0 aliphatic carbocycles. The van der Waals surface area contributed by atoms with Crippen LogP contribution in [0.3, 0.4) is 0 Å². The maximum Gasteiger partial charge on any atom is 0.228 e. The van der Waals surface area contributed by atoms with Gasteiger partial charge in [0.15, 0.2) is 0 Å². The fraction of sp³-hybridized carbons (Fsp3) is 0.480. The van der Waals surface area contributed by atoms with E-state index in [0.29, 0.717) is 11.8 Å². The summed E-state index contributed by atoms with van der Waals surface area (Å²) >= 11 is 1.88. The van der Waals surface area contributed by atoms with Gasteiger partial charge in [-0.15, -0.1) is 0 Å². The Morgan fingerprint density at radius 2 is 1.93 bits per heavy atom. The second-order valence-electron chi connectivity index (χ2n) is 8.67. The van der Waals surface area contributed by atoms with Crippen LogP contribution in [0.25, 0.3) is 0 Å². The molecule has 4 rings (SSSR count). The molecule has 1 N–H and O–H groups in total. The molecule has 1 unspecified atom stereocenters. The van der Waals surface area contributed by atoms with Crippen molar-refractivity contribution in [1.82, 2.24) is 10.2 Å². The van der Waals surface area contributed by atoms with Crippen molar-refractivity contribution >= 4 is 17.7 Å². The Bertz CT molecular complexity index is 829. The summed E-state index contributed by atoms with van der Waals surface area (Å²) in [6.07, 6.45) is 3.10. The molecular formula is C25H31FN2OS. The summed E-state index contributed by atoms with van der Waals surface area (Å²) in [7, 11) is 0. The van der Waals surface area contributed by atoms with Crippen LogP contribution in [-0.4, -0.2) is 41.4 Å². The Balaban J connectivity index is 1.35. The second kappa shape index (κ2) is 9.97. The second-order valence-corrected chi connectivity index (χ2v) is 9.75. The summed E-state index contributed by atoms with van der Waals surface area (Å²) in [6, 6.07) is 17.7. The average Bonchev–Trinajstić information content (AvgIpc) is 3.23. The van der Waals surface area contributed by atoms with E-state index < -0.39 is 0 Å². The van der Waals surface area contributed by atoms with Gasteiger partial charge in [0.1, 0.15) is 5.82 Å². The van der Waals surface area contributed by atoms with Crippen molar-refractivity contribution in [3.8, 4) is 0 Å². The molecule has 2 heterocycles. The highest BCUT2D eigenvalue weighted by molar-refractivity contribution is 7.99. The van der Waals surface area contributed by atoms with Gasteiger partial charge in [-0.25, -0.2) is 4.39 Å². The molecule has 0 saturated carbocycles. The third kappa shape index (κ3) is 5.25. The number of likely N-dealkylation sites (tertiary alicyclic amines) is 1. The van der Waals surface area contributed by atoms with Crippen LogP contribution in [0.5, 0.6) is 0 Å². The molecule has 0 radical (unpaired) electrons. The first-order valence-electron chi connectivity index (χ1n) is 11.0. The third-order valence-electron chi connectivity index (χ3n) is 6.43. The van der Waals surface area contributed by atoms with E-state index in [4.69, 9.17) is 0 Å². The van der Waals surface area contributed by atoms with Gasteiger partial charge < -0.3 is 10.2 Å². The highest BCUT2D eigenvalue weighted by Gasteiger charge is 2.38. The minimum atomic E-state index is -0.193. The first kappa shape index (κ1) is 21.4. The number of thioether (sulfide) groups is 1. The minimum Gasteiger partial charge on any atom is -0.342 e. The molecule has 0 bridgehead atoms. The molecule has 1 amide bonds. The number of benzene rings is 2. The maximum atomic E-state index is 13.4. The van der Waals surface area contributed by atoms with Crippen LogP contribution in [0.15, 0.2) is 54.6 Å². The number of carbonyl (C=O) groups is 1. The molecule has 2 aromatic carbocycles. The van der Waals surface area contributed by atoms with Crippen molar-refractivity contribution in [3.63, 3.8) is 0 Å². The SMILES string of the molecule is C[C@@H](N[C@@H]1CSC[C@H]1C(=O)N1CCCC(Cc2ccc(F)cc2)C1)c1ccccc1. The van der Waals surface area contributed by atoms with Crippen LogP contribution in [0.4, 0.5) is 4.39 Å². The van der Waals surface area contributed by atoms with Crippen molar-refractivity contribution < 1.29 is 9.18 Å². The van der Waals surface area contributed by atoms with Gasteiger partial charge in [0.05, 0.1) is 5.92 Å². The molecule has 160 valence electrons. The Kier molecular flexibility index (Phi) is 7.11. The first-order chi connectivity index (χ1) is 14.6. The highest BCUT2D eigenvalue weighted by Crippen LogP contribution is 2.30. The number of amides is 1. The summed E-state index contributed by atoms with van der Waals surface area (Å²) in [5.41, 5.74) is 2.42. The fourth-order valence-electron chi connectivity index (χ4n) is 4.74. The molecule has 0 spiro atoms. The summed E-state index contributed by atoms with van der Waals surface area (Å²) in [5.74, 6) is 2.50. The summed E-state index contributed by atoms with van der Waals surface area (Å²) in [5, 5.41) is 3.72. The van der Waals surface area contributed by atoms with Gasteiger partial charge >= 0.3 is 0 Å². The van der Waals surface area contributed by atoms with Gasteiger partial charge in [0.25, 0.3) is 0 Å². The van der Waals surface area contributed by atoms with E-state index in [9.17, 15) is 9.18 Å². The number of nitrogens with one attached hydrogen (secondary N) is 1. The predicted molar refractivity (Wildman–Crippen MR) is 122 cm³/mol. The predicted octanol–water partition coefficient (Wildman–Crippen LogP) is 4.69. The largest absolute Gasteiger partial charge is 0.342 e. The molecule has 30 heavy (non-hydrogen) atoms. The van der Waals surface area contributed by atoms with E-state index >= 15 is 0 Å². The monoisotopic (exact) mass is 426 g/mol.